The molecule has 4 fully saturated rings. The zero-order valence-electron chi connectivity index (χ0n) is 33.5. The molecule has 2 aliphatic heterocycles. The topological polar surface area (TPSA) is 165 Å². The Kier molecular flexibility index (Phi) is 11.6. The predicted octanol–water partition coefficient (Wildman–Crippen LogP) is 6.13. The number of likely N-dealkylation sites (tertiary alicyclic amines) is 2. The van der Waals surface area contributed by atoms with Crippen LogP contribution >= 0.6 is 11.6 Å². The number of sulfonamides is 1. The van der Waals surface area contributed by atoms with Crippen molar-refractivity contribution >= 4 is 56.0 Å². The van der Waals surface area contributed by atoms with Crippen molar-refractivity contribution in [2.45, 2.75) is 96.0 Å². The Morgan fingerprint density at radius 3 is 2.47 bits per heavy atom. The molecule has 0 radical (unpaired) electrons. The van der Waals surface area contributed by atoms with Gasteiger partial charge in [0.25, 0.3) is 0 Å². The third kappa shape index (κ3) is 8.45. The van der Waals surface area contributed by atoms with E-state index in [2.05, 4.69) is 16.3 Å². The van der Waals surface area contributed by atoms with E-state index >= 15 is 0 Å². The van der Waals surface area contributed by atoms with E-state index in [1.807, 2.05) is 49.9 Å². The van der Waals surface area contributed by atoms with Gasteiger partial charge in [0.2, 0.25) is 33.6 Å². The molecule has 0 bridgehead atoms. The first-order valence-electron chi connectivity index (χ1n) is 20.1. The van der Waals surface area contributed by atoms with Crippen molar-refractivity contribution < 1.29 is 37.1 Å². The molecule has 1 aromatic carbocycles. The van der Waals surface area contributed by atoms with E-state index in [4.69, 9.17) is 26.1 Å². The van der Waals surface area contributed by atoms with E-state index in [9.17, 15) is 27.6 Å². The van der Waals surface area contributed by atoms with Crippen LogP contribution in [0.2, 0.25) is 5.02 Å². The Balaban J connectivity index is 1.22. The van der Waals surface area contributed by atoms with Crippen molar-refractivity contribution in [1.82, 2.24) is 24.5 Å². The average Bonchev–Trinajstić information content (AvgIpc) is 4.13. The van der Waals surface area contributed by atoms with Gasteiger partial charge in [0.05, 0.1) is 47.5 Å². The highest BCUT2D eigenvalue weighted by Gasteiger charge is 2.61. The average molecular weight is 834 g/mol. The fourth-order valence-corrected chi connectivity index (χ4v) is 10.2. The van der Waals surface area contributed by atoms with E-state index in [1.54, 1.807) is 24.4 Å². The number of rotatable bonds is 14. The van der Waals surface area contributed by atoms with Crippen molar-refractivity contribution in [1.29, 1.82) is 0 Å². The maximum atomic E-state index is 14.9. The highest BCUT2D eigenvalue weighted by Crippen LogP contribution is 2.57. The summed E-state index contributed by atoms with van der Waals surface area (Å²) in [5.41, 5.74) is -0.191. The fraction of sp³-hybridized carbons (Fsp3) is 0.535. The van der Waals surface area contributed by atoms with Crippen LogP contribution in [0.4, 0.5) is 0 Å². The minimum Gasteiger partial charge on any atom is -0.495 e. The summed E-state index contributed by atoms with van der Waals surface area (Å²) >= 11 is 6.80. The van der Waals surface area contributed by atoms with Crippen molar-refractivity contribution in [2.75, 3.05) is 26.7 Å². The lowest BCUT2D eigenvalue weighted by Crippen LogP contribution is -2.49. The summed E-state index contributed by atoms with van der Waals surface area (Å²) in [7, 11) is -2.36. The number of benzene rings is 1. The van der Waals surface area contributed by atoms with Gasteiger partial charge in [-0.2, -0.15) is 0 Å². The number of piperidine rings is 1. The molecule has 2 aliphatic carbocycles. The van der Waals surface area contributed by atoms with E-state index in [1.165, 1.54) is 12.0 Å². The molecular formula is C43H52ClN5O8S. The molecule has 0 unspecified atom stereocenters. The molecule has 0 spiro atoms. The van der Waals surface area contributed by atoms with Crippen LogP contribution in [-0.2, 0) is 29.2 Å². The van der Waals surface area contributed by atoms with Gasteiger partial charge in [-0.05, 0) is 74.1 Å². The van der Waals surface area contributed by atoms with Crippen molar-refractivity contribution in [3.8, 4) is 22.9 Å². The molecule has 4 heterocycles. The van der Waals surface area contributed by atoms with Gasteiger partial charge in [0, 0.05) is 55.6 Å². The number of allylic oxidation sites excluding steroid dienone is 1. The number of carbonyl (C=O) groups is 4. The van der Waals surface area contributed by atoms with Crippen LogP contribution in [0.5, 0.6) is 11.6 Å². The number of halogens is 1. The normalized spacial score (nSPS) is 23.9. The number of nitrogens with zero attached hydrogens (tertiary/aromatic N) is 4. The number of hydrogen-bond donors (Lipinski definition) is 1. The lowest BCUT2D eigenvalue weighted by molar-refractivity contribution is -0.148. The molecule has 3 aromatic rings. The maximum absolute atomic E-state index is 14.9. The van der Waals surface area contributed by atoms with Crippen LogP contribution < -0.4 is 14.2 Å². The second-order valence-electron chi connectivity index (χ2n) is 17.3. The lowest BCUT2D eigenvalue weighted by Gasteiger charge is -2.36. The van der Waals surface area contributed by atoms with E-state index in [-0.39, 0.29) is 54.9 Å². The Hall–Kier alpha value is -4.56. The van der Waals surface area contributed by atoms with Crippen LogP contribution in [0.3, 0.4) is 0 Å². The molecule has 2 saturated heterocycles. The summed E-state index contributed by atoms with van der Waals surface area (Å²) in [6.07, 6.45) is 6.37. The molecular weight excluding hydrogens is 782 g/mol. The molecule has 4 aliphatic rings. The number of ketones is 1. The first-order chi connectivity index (χ1) is 27.6. The van der Waals surface area contributed by atoms with Crippen LogP contribution in [0.25, 0.3) is 22.2 Å². The number of methoxy groups -OCH3 is 1. The van der Waals surface area contributed by atoms with Crippen LogP contribution in [-0.4, -0.2) is 95.8 Å². The summed E-state index contributed by atoms with van der Waals surface area (Å²) in [5.74, 6) is -2.15. The van der Waals surface area contributed by atoms with Crippen LogP contribution in [0.15, 0.2) is 55.3 Å². The SMILES string of the molecule is C=C[C@@H]1C[C@]1(CC(=O)[C@@H]1C[C@@H](Oc2cc(-c3ccccn3)c3ccc(OC)c(Cl)c3n2)CN1C(=O)[C@@H](CC(=O)N1CCCCC1)C(C)(C)C)C(=O)NS(=O)(=O)C1CC1. The molecule has 3 amide bonds. The standard InChI is InChI=1S/C43H52ClN5O8S/c1-6-26-23-43(26,41(53)47-58(54,55)28-13-14-28)24-34(50)33-20-27(25-49(33)40(52)31(42(2,3)4)22-37(51)48-18-10-7-11-19-48)57-36-21-30(32-12-8-9-17-45-32)29-15-16-35(56-5)38(44)39(29)46-36/h6,8-9,12,15-17,21,26-28,31,33H,1,7,10-11,13-14,18-20,22-25H2,2-5H3,(H,47,53)/t26-,27-,31-,33+,43-/m1/s1. The fourth-order valence-electron chi connectivity index (χ4n) is 8.49. The van der Waals surface area contributed by atoms with E-state index in [0.29, 0.717) is 53.8 Å². The Labute approximate surface area is 344 Å². The molecule has 13 nitrogen and oxygen atoms in total. The zero-order valence-corrected chi connectivity index (χ0v) is 35.1. The summed E-state index contributed by atoms with van der Waals surface area (Å²) < 4.78 is 40.0. The number of nitrogens with one attached hydrogen (secondary N) is 1. The van der Waals surface area contributed by atoms with Crippen LogP contribution in [0.1, 0.15) is 78.6 Å². The van der Waals surface area contributed by atoms with Crippen LogP contribution in [0, 0.1) is 22.7 Å². The number of fused-ring (bicyclic) bond motifs is 1. The van der Waals surface area contributed by atoms with Gasteiger partial charge in [-0.1, -0.05) is 44.5 Å². The smallest absolute Gasteiger partial charge is 0.240 e. The number of ether oxygens (including phenoxy) is 2. The maximum Gasteiger partial charge on any atom is 0.240 e. The third-order valence-electron chi connectivity index (χ3n) is 12.2. The molecule has 15 heteroatoms. The first kappa shape index (κ1) is 41.6. The highest BCUT2D eigenvalue weighted by atomic mass is 35.5. The van der Waals surface area contributed by atoms with Crippen molar-refractivity contribution in [3.63, 3.8) is 0 Å². The third-order valence-corrected chi connectivity index (χ3v) is 14.4. The zero-order chi connectivity index (χ0) is 41.6. The summed E-state index contributed by atoms with van der Waals surface area (Å²) in [5, 5.41) is 0.373. The van der Waals surface area contributed by atoms with Crippen molar-refractivity contribution in [2.24, 2.45) is 22.7 Å². The molecule has 7 rings (SSSR count). The second-order valence-corrected chi connectivity index (χ2v) is 19.6. The molecule has 1 N–H and O–H groups in total. The van der Waals surface area contributed by atoms with E-state index in [0.717, 1.165) is 19.3 Å². The number of pyridine rings is 2. The van der Waals surface area contributed by atoms with E-state index < -0.39 is 61.8 Å². The van der Waals surface area contributed by atoms with Gasteiger partial charge < -0.3 is 19.3 Å². The molecule has 2 aromatic heterocycles. The van der Waals surface area contributed by atoms with Gasteiger partial charge >= 0.3 is 0 Å². The minimum atomic E-state index is -3.87. The predicted molar refractivity (Wildman–Crippen MR) is 220 cm³/mol. The molecule has 310 valence electrons. The Morgan fingerprint density at radius 1 is 1.10 bits per heavy atom. The molecule has 2 saturated carbocycles. The largest absolute Gasteiger partial charge is 0.495 e. The molecule has 58 heavy (non-hydrogen) atoms. The number of carbonyl (C=O) groups excluding carboxylic acids is 4. The number of hydrogen-bond acceptors (Lipinski definition) is 10. The lowest BCUT2D eigenvalue weighted by atomic mass is 9.77. The number of amides is 3. The highest BCUT2D eigenvalue weighted by molar-refractivity contribution is 7.90. The molecule has 5 atom stereocenters. The summed E-state index contributed by atoms with van der Waals surface area (Å²) in [6, 6.07) is 9.86. The van der Waals surface area contributed by atoms with Gasteiger partial charge in [-0.25, -0.2) is 13.4 Å². The number of aromatic nitrogens is 2. The summed E-state index contributed by atoms with van der Waals surface area (Å²) in [6.45, 7) is 10.9. The first-order valence-corrected chi connectivity index (χ1v) is 22.0. The minimum absolute atomic E-state index is 0.00431. The monoisotopic (exact) mass is 833 g/mol. The van der Waals surface area contributed by atoms with Gasteiger partial charge in [0.15, 0.2) is 5.78 Å². The quantitative estimate of drug-likeness (QED) is 0.187. The van der Waals surface area contributed by atoms with Gasteiger partial charge in [-0.3, -0.25) is 28.9 Å². The Bertz CT molecular complexity index is 2220. The Morgan fingerprint density at radius 2 is 1.84 bits per heavy atom. The van der Waals surface area contributed by atoms with Gasteiger partial charge in [-0.15, -0.1) is 6.58 Å². The van der Waals surface area contributed by atoms with Gasteiger partial charge in [0.1, 0.15) is 16.9 Å². The number of Topliss-reactive ketones (excluding diaryl/α,β-unsaturated/α-hetero) is 1. The summed E-state index contributed by atoms with van der Waals surface area (Å²) in [4.78, 5) is 69.5. The van der Waals surface area contributed by atoms with Crippen molar-refractivity contribution in [3.05, 3.63) is 60.3 Å². The second kappa shape index (κ2) is 16.2.